The van der Waals surface area contributed by atoms with Crippen LogP contribution in [0.5, 0.6) is 0 Å². The van der Waals surface area contributed by atoms with Crippen molar-refractivity contribution in [2.75, 3.05) is 0 Å². The summed E-state index contributed by atoms with van der Waals surface area (Å²) in [5.41, 5.74) is 0. The SMILES string of the molecule is C#CC1C=C(C)S(=O)(=O)O1. The van der Waals surface area contributed by atoms with Gasteiger partial charge in [0.25, 0.3) is 10.1 Å². The van der Waals surface area contributed by atoms with Crippen molar-refractivity contribution >= 4 is 10.1 Å². The average molecular weight is 158 g/mol. The smallest absolute Gasteiger partial charge is 0.246 e. The van der Waals surface area contributed by atoms with Crippen LogP contribution in [0.25, 0.3) is 0 Å². The fraction of sp³-hybridized carbons (Fsp3) is 0.333. The molecule has 1 unspecified atom stereocenters. The van der Waals surface area contributed by atoms with Gasteiger partial charge < -0.3 is 0 Å². The fourth-order valence-corrected chi connectivity index (χ4v) is 1.44. The Morgan fingerprint density at radius 2 is 2.40 bits per heavy atom. The molecule has 3 nitrogen and oxygen atoms in total. The minimum Gasteiger partial charge on any atom is -0.246 e. The van der Waals surface area contributed by atoms with Crippen LogP contribution in [0.3, 0.4) is 0 Å². The van der Waals surface area contributed by atoms with Crippen LogP contribution < -0.4 is 0 Å². The highest BCUT2D eigenvalue weighted by Crippen LogP contribution is 2.19. The Labute approximate surface area is 59.8 Å². The molecule has 10 heavy (non-hydrogen) atoms. The van der Waals surface area contributed by atoms with Gasteiger partial charge in [0.05, 0.1) is 4.91 Å². The standard InChI is InChI=1S/C6H6O3S/c1-3-6-4-5(2)10(7,8)9-6/h1,4,6H,2H3. The second-order valence-corrected chi connectivity index (χ2v) is 3.66. The lowest BCUT2D eigenvalue weighted by atomic mass is 10.3. The average Bonchev–Trinajstić information content (AvgIpc) is 2.08. The largest absolute Gasteiger partial charge is 0.294 e. The molecule has 1 aliphatic heterocycles. The van der Waals surface area contributed by atoms with E-state index in [1.165, 1.54) is 13.0 Å². The zero-order valence-electron chi connectivity index (χ0n) is 5.37. The van der Waals surface area contributed by atoms with Crippen LogP contribution in [0.2, 0.25) is 0 Å². The number of hydrogen-bond acceptors (Lipinski definition) is 3. The Morgan fingerprint density at radius 1 is 1.80 bits per heavy atom. The second kappa shape index (κ2) is 2.11. The summed E-state index contributed by atoms with van der Waals surface area (Å²) in [4.78, 5) is 0.190. The fourth-order valence-electron chi connectivity index (χ4n) is 0.613. The Morgan fingerprint density at radius 3 is 2.60 bits per heavy atom. The molecule has 0 bridgehead atoms. The van der Waals surface area contributed by atoms with Gasteiger partial charge in [-0.15, -0.1) is 6.42 Å². The van der Waals surface area contributed by atoms with E-state index in [4.69, 9.17) is 6.42 Å². The molecule has 1 aliphatic rings. The van der Waals surface area contributed by atoms with E-state index in [2.05, 4.69) is 10.1 Å². The number of allylic oxidation sites excluding steroid dienone is 1. The highest BCUT2D eigenvalue weighted by molar-refractivity contribution is 7.90. The van der Waals surface area contributed by atoms with E-state index in [1.54, 1.807) is 0 Å². The van der Waals surface area contributed by atoms with Gasteiger partial charge in [0.15, 0.2) is 6.10 Å². The first-order chi connectivity index (χ1) is 4.56. The molecule has 4 heteroatoms. The van der Waals surface area contributed by atoms with Crippen molar-refractivity contribution in [2.24, 2.45) is 0 Å². The normalized spacial score (nSPS) is 29.2. The van der Waals surface area contributed by atoms with Crippen molar-refractivity contribution < 1.29 is 12.6 Å². The molecular weight excluding hydrogens is 152 g/mol. The summed E-state index contributed by atoms with van der Waals surface area (Å²) in [5, 5.41) is 0. The number of hydrogen-bond donors (Lipinski definition) is 0. The van der Waals surface area contributed by atoms with Gasteiger partial charge in [-0.2, -0.15) is 8.42 Å². The van der Waals surface area contributed by atoms with Gasteiger partial charge in [-0.25, -0.2) is 4.18 Å². The van der Waals surface area contributed by atoms with Crippen LogP contribution in [0.15, 0.2) is 11.0 Å². The predicted molar refractivity (Wildman–Crippen MR) is 36.4 cm³/mol. The van der Waals surface area contributed by atoms with Crippen molar-refractivity contribution in [1.29, 1.82) is 0 Å². The highest BCUT2D eigenvalue weighted by Gasteiger charge is 2.26. The van der Waals surface area contributed by atoms with Crippen LogP contribution in [-0.4, -0.2) is 14.5 Å². The lowest BCUT2D eigenvalue weighted by molar-refractivity contribution is 0.324. The molecular formula is C6H6O3S. The first-order valence-electron chi connectivity index (χ1n) is 2.64. The maximum atomic E-state index is 10.7. The van der Waals surface area contributed by atoms with Crippen LogP contribution in [0, 0.1) is 12.3 Å². The molecule has 0 aromatic rings. The van der Waals surface area contributed by atoms with Crippen molar-refractivity contribution in [3.05, 3.63) is 11.0 Å². The highest BCUT2D eigenvalue weighted by atomic mass is 32.2. The Balaban J connectivity index is 3.03. The molecule has 0 amide bonds. The molecule has 0 saturated carbocycles. The van der Waals surface area contributed by atoms with E-state index in [0.29, 0.717) is 0 Å². The molecule has 0 N–H and O–H groups in total. The van der Waals surface area contributed by atoms with E-state index in [1.807, 2.05) is 0 Å². The maximum absolute atomic E-state index is 10.7. The monoisotopic (exact) mass is 158 g/mol. The zero-order valence-corrected chi connectivity index (χ0v) is 6.18. The third kappa shape index (κ3) is 1.06. The summed E-state index contributed by atoms with van der Waals surface area (Å²) in [6, 6.07) is 0. The summed E-state index contributed by atoms with van der Waals surface area (Å²) in [6.45, 7) is 1.45. The summed E-state index contributed by atoms with van der Waals surface area (Å²) in [6.07, 6.45) is 5.63. The van der Waals surface area contributed by atoms with E-state index in [0.717, 1.165) is 0 Å². The predicted octanol–water partition coefficient (Wildman–Crippen LogP) is 0.252. The first kappa shape index (κ1) is 7.32. The molecule has 0 spiro atoms. The van der Waals surface area contributed by atoms with Gasteiger partial charge in [0, 0.05) is 0 Å². The van der Waals surface area contributed by atoms with Crippen molar-refractivity contribution in [3.8, 4) is 12.3 Å². The summed E-state index contributed by atoms with van der Waals surface area (Å²) < 4.78 is 25.9. The topological polar surface area (TPSA) is 43.4 Å². The number of rotatable bonds is 0. The van der Waals surface area contributed by atoms with E-state index in [-0.39, 0.29) is 4.91 Å². The summed E-state index contributed by atoms with van der Waals surface area (Å²) in [7, 11) is -3.47. The molecule has 1 heterocycles. The molecule has 54 valence electrons. The molecule has 0 aliphatic carbocycles. The van der Waals surface area contributed by atoms with Gasteiger partial charge >= 0.3 is 0 Å². The van der Waals surface area contributed by atoms with Crippen LogP contribution >= 0.6 is 0 Å². The Kier molecular flexibility index (Phi) is 1.55. The molecule has 1 atom stereocenters. The minimum atomic E-state index is -3.47. The lowest BCUT2D eigenvalue weighted by Crippen LogP contribution is -2.05. The van der Waals surface area contributed by atoms with Gasteiger partial charge in [-0.3, -0.25) is 0 Å². The van der Waals surface area contributed by atoms with Gasteiger partial charge in [0.2, 0.25) is 0 Å². The van der Waals surface area contributed by atoms with E-state index >= 15 is 0 Å². The zero-order chi connectivity index (χ0) is 7.78. The second-order valence-electron chi connectivity index (χ2n) is 1.91. The van der Waals surface area contributed by atoms with Crippen molar-refractivity contribution in [2.45, 2.75) is 13.0 Å². The molecule has 0 aromatic heterocycles. The molecule has 0 fully saturated rings. The van der Waals surface area contributed by atoms with E-state index < -0.39 is 16.2 Å². The molecule has 0 saturated heterocycles. The molecule has 1 rings (SSSR count). The summed E-state index contributed by atoms with van der Waals surface area (Å²) >= 11 is 0. The minimum absolute atomic E-state index is 0.190. The summed E-state index contributed by atoms with van der Waals surface area (Å²) in [5.74, 6) is 2.17. The van der Waals surface area contributed by atoms with Gasteiger partial charge in [-0.05, 0) is 13.0 Å². The lowest BCUT2D eigenvalue weighted by Gasteiger charge is -1.95. The number of terminal acetylenes is 1. The van der Waals surface area contributed by atoms with Crippen LogP contribution in [0.1, 0.15) is 6.92 Å². The third-order valence-electron chi connectivity index (χ3n) is 1.18. The van der Waals surface area contributed by atoms with Crippen LogP contribution in [-0.2, 0) is 14.3 Å². The third-order valence-corrected chi connectivity index (χ3v) is 2.56. The Bertz CT molecular complexity index is 304. The molecule has 0 radical (unpaired) electrons. The van der Waals surface area contributed by atoms with Gasteiger partial charge in [0.1, 0.15) is 0 Å². The van der Waals surface area contributed by atoms with Crippen molar-refractivity contribution in [3.63, 3.8) is 0 Å². The Hall–Kier alpha value is -0.790. The first-order valence-corrected chi connectivity index (χ1v) is 4.05. The maximum Gasteiger partial charge on any atom is 0.294 e. The van der Waals surface area contributed by atoms with Gasteiger partial charge in [-0.1, -0.05) is 5.92 Å². The van der Waals surface area contributed by atoms with E-state index in [9.17, 15) is 8.42 Å². The van der Waals surface area contributed by atoms with Crippen molar-refractivity contribution in [1.82, 2.24) is 0 Å². The van der Waals surface area contributed by atoms with Crippen LogP contribution in [0.4, 0.5) is 0 Å². The molecule has 0 aromatic carbocycles. The quantitative estimate of drug-likeness (QED) is 0.375.